The molecule has 1 N–H and O–H groups in total. The van der Waals surface area contributed by atoms with Gasteiger partial charge in [-0.3, -0.25) is 10.1 Å². The van der Waals surface area contributed by atoms with E-state index in [-0.39, 0.29) is 12.5 Å². The van der Waals surface area contributed by atoms with E-state index in [4.69, 9.17) is 4.52 Å². The fraction of sp³-hybridized carbons (Fsp3) is 0.609. The SMILES string of the molecule is Cc1nc(C2(NCC(=O)N3CCN(S(=O)(=O)c4ccc5c(c4)CCC5)CC3)CCCC2)no1. The quantitative estimate of drug-likeness (QED) is 0.681. The van der Waals surface area contributed by atoms with Gasteiger partial charge in [0.1, 0.15) is 0 Å². The summed E-state index contributed by atoms with van der Waals surface area (Å²) in [4.78, 5) is 19.4. The molecule has 178 valence electrons. The van der Waals surface area contributed by atoms with Crippen LogP contribution in [0.4, 0.5) is 0 Å². The normalized spacial score (nSPS) is 20.8. The maximum atomic E-state index is 13.2. The van der Waals surface area contributed by atoms with Crippen molar-refractivity contribution in [2.75, 3.05) is 32.7 Å². The maximum Gasteiger partial charge on any atom is 0.243 e. The third-order valence-electron chi connectivity index (χ3n) is 7.29. The molecule has 1 amide bonds. The Morgan fingerprint density at radius 2 is 1.82 bits per heavy atom. The molecule has 0 atom stereocenters. The first-order chi connectivity index (χ1) is 15.9. The lowest BCUT2D eigenvalue weighted by molar-refractivity contribution is -0.131. The molecule has 1 aliphatic heterocycles. The molecule has 0 bridgehead atoms. The van der Waals surface area contributed by atoms with Crippen molar-refractivity contribution in [1.82, 2.24) is 24.7 Å². The Balaban J connectivity index is 1.19. The molecule has 1 saturated carbocycles. The highest BCUT2D eigenvalue weighted by atomic mass is 32.2. The average molecular weight is 474 g/mol. The van der Waals surface area contributed by atoms with Crippen molar-refractivity contribution < 1.29 is 17.7 Å². The zero-order valence-electron chi connectivity index (χ0n) is 19.0. The van der Waals surface area contributed by atoms with Gasteiger partial charge in [-0.05, 0) is 55.4 Å². The second-order valence-corrected chi connectivity index (χ2v) is 11.3. The third-order valence-corrected chi connectivity index (χ3v) is 9.18. The van der Waals surface area contributed by atoms with Gasteiger partial charge in [0.2, 0.25) is 21.8 Å². The summed E-state index contributed by atoms with van der Waals surface area (Å²) in [7, 11) is -3.55. The Bertz CT molecular complexity index is 1130. The Morgan fingerprint density at radius 1 is 1.09 bits per heavy atom. The van der Waals surface area contributed by atoms with Crippen molar-refractivity contribution in [3.8, 4) is 0 Å². The van der Waals surface area contributed by atoms with E-state index in [1.807, 2.05) is 12.1 Å². The number of nitrogens with one attached hydrogen (secondary N) is 1. The summed E-state index contributed by atoms with van der Waals surface area (Å²) in [6, 6.07) is 5.51. The molecule has 33 heavy (non-hydrogen) atoms. The zero-order valence-corrected chi connectivity index (χ0v) is 19.9. The number of benzene rings is 1. The fourth-order valence-corrected chi connectivity index (χ4v) is 6.82. The van der Waals surface area contributed by atoms with Crippen LogP contribution in [0.25, 0.3) is 0 Å². The van der Waals surface area contributed by atoms with Crippen LogP contribution in [0.15, 0.2) is 27.6 Å². The number of fused-ring (bicyclic) bond motifs is 1. The molecule has 2 heterocycles. The van der Waals surface area contributed by atoms with Crippen molar-refractivity contribution in [2.45, 2.75) is 62.3 Å². The molecule has 2 aromatic rings. The molecule has 3 aliphatic rings. The van der Waals surface area contributed by atoms with Crippen LogP contribution < -0.4 is 5.32 Å². The molecule has 1 aromatic heterocycles. The molecule has 5 rings (SSSR count). The molecule has 2 fully saturated rings. The summed E-state index contributed by atoms with van der Waals surface area (Å²) in [5.41, 5.74) is 1.98. The standard InChI is InChI=1S/C23H31N5O4S/c1-17-25-22(26-32-17)23(9-2-3-10-23)24-16-21(29)27-11-13-28(14-12-27)33(30,31)20-8-7-18-5-4-6-19(18)15-20/h7-8,15,24H,2-6,9-14,16H2,1H3. The zero-order chi connectivity index (χ0) is 23.1. The van der Waals surface area contributed by atoms with E-state index in [1.165, 1.54) is 9.87 Å². The van der Waals surface area contributed by atoms with Crippen molar-refractivity contribution in [1.29, 1.82) is 0 Å². The predicted octanol–water partition coefficient (Wildman–Crippen LogP) is 1.76. The van der Waals surface area contributed by atoms with Gasteiger partial charge in [0.25, 0.3) is 0 Å². The van der Waals surface area contributed by atoms with Gasteiger partial charge in [0, 0.05) is 33.1 Å². The molecular formula is C23H31N5O4S. The largest absolute Gasteiger partial charge is 0.340 e. The summed E-state index contributed by atoms with van der Waals surface area (Å²) in [6.45, 7) is 3.32. The monoisotopic (exact) mass is 473 g/mol. The number of hydrogen-bond acceptors (Lipinski definition) is 7. The number of sulfonamides is 1. The summed E-state index contributed by atoms with van der Waals surface area (Å²) >= 11 is 0. The van der Waals surface area contributed by atoms with E-state index in [2.05, 4.69) is 15.5 Å². The van der Waals surface area contributed by atoms with Gasteiger partial charge in [-0.25, -0.2) is 8.42 Å². The number of hydrogen-bond donors (Lipinski definition) is 1. The van der Waals surface area contributed by atoms with Gasteiger partial charge in [-0.15, -0.1) is 0 Å². The highest BCUT2D eigenvalue weighted by Crippen LogP contribution is 2.37. The van der Waals surface area contributed by atoms with E-state index >= 15 is 0 Å². The minimum absolute atomic E-state index is 0.0314. The van der Waals surface area contributed by atoms with Crippen LogP contribution >= 0.6 is 0 Å². The fourth-order valence-electron chi connectivity index (χ4n) is 5.34. The number of carbonyl (C=O) groups is 1. The maximum absolute atomic E-state index is 13.2. The number of piperazine rings is 1. The number of nitrogens with zero attached hydrogens (tertiary/aromatic N) is 4. The van der Waals surface area contributed by atoms with Crippen molar-refractivity contribution in [3.63, 3.8) is 0 Å². The van der Waals surface area contributed by atoms with Crippen molar-refractivity contribution in [2.24, 2.45) is 0 Å². The van der Waals surface area contributed by atoms with E-state index in [1.54, 1.807) is 17.9 Å². The van der Waals surface area contributed by atoms with Crippen LogP contribution in [0.3, 0.4) is 0 Å². The molecule has 0 unspecified atom stereocenters. The van der Waals surface area contributed by atoms with Crippen LogP contribution in [-0.4, -0.2) is 66.4 Å². The van der Waals surface area contributed by atoms with Crippen LogP contribution in [0.2, 0.25) is 0 Å². The molecular weight excluding hydrogens is 442 g/mol. The Labute approximate surface area is 194 Å². The topological polar surface area (TPSA) is 109 Å². The van der Waals surface area contributed by atoms with Gasteiger partial charge in [-0.1, -0.05) is 24.1 Å². The van der Waals surface area contributed by atoms with Gasteiger partial charge < -0.3 is 9.42 Å². The Hall–Kier alpha value is -2.30. The van der Waals surface area contributed by atoms with Gasteiger partial charge in [-0.2, -0.15) is 9.29 Å². The molecule has 1 aromatic carbocycles. The van der Waals surface area contributed by atoms with Gasteiger partial charge in [0.05, 0.1) is 17.0 Å². The lowest BCUT2D eigenvalue weighted by Crippen LogP contribution is -2.54. The van der Waals surface area contributed by atoms with Crippen molar-refractivity contribution >= 4 is 15.9 Å². The second kappa shape index (κ2) is 8.81. The highest BCUT2D eigenvalue weighted by molar-refractivity contribution is 7.89. The molecule has 10 heteroatoms. The lowest BCUT2D eigenvalue weighted by Gasteiger charge is -2.35. The molecule has 0 spiro atoms. The third kappa shape index (κ3) is 4.31. The van der Waals surface area contributed by atoms with E-state index in [0.717, 1.165) is 50.5 Å². The summed E-state index contributed by atoms with van der Waals surface area (Å²) < 4.78 is 33.0. The Kier molecular flexibility index (Phi) is 6.00. The summed E-state index contributed by atoms with van der Waals surface area (Å²) in [6.07, 6.45) is 6.89. The van der Waals surface area contributed by atoms with Crippen LogP contribution in [0, 0.1) is 6.92 Å². The Morgan fingerprint density at radius 3 is 2.52 bits per heavy atom. The molecule has 0 radical (unpaired) electrons. The van der Waals surface area contributed by atoms with E-state index in [9.17, 15) is 13.2 Å². The number of amides is 1. The number of carbonyl (C=O) groups excluding carboxylic acids is 1. The smallest absolute Gasteiger partial charge is 0.243 e. The first kappa shape index (κ1) is 22.5. The minimum Gasteiger partial charge on any atom is -0.340 e. The first-order valence-corrected chi connectivity index (χ1v) is 13.3. The van der Waals surface area contributed by atoms with E-state index < -0.39 is 15.6 Å². The lowest BCUT2D eigenvalue weighted by atomic mass is 9.96. The first-order valence-electron chi connectivity index (χ1n) is 11.8. The van der Waals surface area contributed by atoms with Crippen LogP contribution in [0.1, 0.15) is 54.9 Å². The predicted molar refractivity (Wildman–Crippen MR) is 121 cm³/mol. The summed E-state index contributed by atoms with van der Waals surface area (Å²) in [5.74, 6) is 1.11. The van der Waals surface area contributed by atoms with Gasteiger partial charge >= 0.3 is 0 Å². The summed E-state index contributed by atoms with van der Waals surface area (Å²) in [5, 5.41) is 7.51. The molecule has 1 saturated heterocycles. The average Bonchev–Trinajstić information content (AvgIpc) is 3.58. The van der Waals surface area contributed by atoms with Crippen LogP contribution in [-0.2, 0) is 33.2 Å². The van der Waals surface area contributed by atoms with E-state index in [0.29, 0.717) is 42.8 Å². The second-order valence-electron chi connectivity index (χ2n) is 9.35. The molecule has 9 nitrogen and oxygen atoms in total. The number of aromatic nitrogens is 2. The minimum atomic E-state index is -3.55. The van der Waals surface area contributed by atoms with Crippen molar-refractivity contribution in [3.05, 3.63) is 41.0 Å². The number of aryl methyl sites for hydroxylation is 3. The number of rotatable bonds is 6. The van der Waals surface area contributed by atoms with Gasteiger partial charge in [0.15, 0.2) is 5.82 Å². The molecule has 2 aliphatic carbocycles. The van der Waals surface area contributed by atoms with Crippen LogP contribution in [0.5, 0.6) is 0 Å². The highest BCUT2D eigenvalue weighted by Gasteiger charge is 2.40.